The smallest absolute Gasteiger partial charge is 0.239 e. The van der Waals surface area contributed by atoms with Gasteiger partial charge in [-0.3, -0.25) is 14.4 Å². The summed E-state index contributed by atoms with van der Waals surface area (Å²) in [5.74, 6) is 3.18. The van der Waals surface area contributed by atoms with Crippen molar-refractivity contribution in [2.24, 2.45) is 7.05 Å². The predicted octanol–water partition coefficient (Wildman–Crippen LogP) is 0.672. The standard InChI is InChI=1S/C27H35N9O3/c1-4-20-28-18-7-5-6-8-19(18)36(20)25-30-23-22(24(31-25)34-9-11-39-12-10-34)29-21(32(23)3)13-33-16-27(38,17-33)35-14-26(2,37)15-35/h5-8,37-38H,4,9-17H2,1-3H3. The van der Waals surface area contributed by atoms with E-state index in [2.05, 4.69) is 27.4 Å². The van der Waals surface area contributed by atoms with Crippen LogP contribution in [0.4, 0.5) is 5.82 Å². The van der Waals surface area contributed by atoms with Gasteiger partial charge in [0.1, 0.15) is 17.4 Å². The first kappa shape index (κ1) is 24.9. The van der Waals surface area contributed by atoms with Crippen LogP contribution in [0.2, 0.25) is 0 Å². The highest BCUT2D eigenvalue weighted by Crippen LogP contribution is 2.35. The molecule has 0 aliphatic carbocycles. The van der Waals surface area contributed by atoms with Crippen molar-refractivity contribution in [3.8, 4) is 5.95 Å². The van der Waals surface area contributed by atoms with Crippen LogP contribution >= 0.6 is 0 Å². The van der Waals surface area contributed by atoms with Crippen LogP contribution < -0.4 is 4.90 Å². The first-order chi connectivity index (χ1) is 18.7. The van der Waals surface area contributed by atoms with Crippen LogP contribution in [-0.4, -0.2) is 113 Å². The van der Waals surface area contributed by atoms with Crippen LogP contribution in [0.15, 0.2) is 24.3 Å². The van der Waals surface area contributed by atoms with Crippen molar-refractivity contribution in [3.63, 3.8) is 0 Å². The number of hydrogen-bond donors (Lipinski definition) is 2. The lowest BCUT2D eigenvalue weighted by molar-refractivity contribution is -0.261. The molecule has 0 saturated carbocycles. The number of nitrogens with zero attached hydrogens (tertiary/aromatic N) is 9. The average Bonchev–Trinajstić information content (AvgIpc) is 3.43. The molecule has 0 atom stereocenters. The van der Waals surface area contributed by atoms with Gasteiger partial charge in [-0.2, -0.15) is 9.97 Å². The molecule has 7 rings (SSSR count). The molecular weight excluding hydrogens is 498 g/mol. The monoisotopic (exact) mass is 533 g/mol. The van der Waals surface area contributed by atoms with Gasteiger partial charge in [-0.05, 0) is 19.1 Å². The molecule has 0 spiro atoms. The SMILES string of the molecule is CCc1nc2ccccc2n1-c1nc(N2CCOCC2)c2nc(CN3CC(O)(N4CC(C)(O)C4)C3)n(C)c2n1. The molecule has 39 heavy (non-hydrogen) atoms. The fraction of sp³-hybridized carbons (Fsp3) is 0.556. The van der Waals surface area contributed by atoms with E-state index in [1.54, 1.807) is 6.92 Å². The molecule has 2 N–H and O–H groups in total. The molecule has 3 fully saturated rings. The van der Waals surface area contributed by atoms with Gasteiger partial charge in [0, 0.05) is 52.7 Å². The third-order valence-electron chi connectivity index (χ3n) is 8.21. The van der Waals surface area contributed by atoms with Gasteiger partial charge in [0.25, 0.3) is 0 Å². The zero-order chi connectivity index (χ0) is 26.9. The maximum absolute atomic E-state index is 11.0. The Bertz CT molecular complexity index is 1540. The van der Waals surface area contributed by atoms with Crippen molar-refractivity contribution in [2.75, 3.05) is 57.4 Å². The maximum atomic E-state index is 11.0. The Morgan fingerprint density at radius 2 is 1.69 bits per heavy atom. The van der Waals surface area contributed by atoms with Crippen LogP contribution in [0.1, 0.15) is 25.5 Å². The molecule has 0 radical (unpaired) electrons. The van der Waals surface area contributed by atoms with Gasteiger partial charge in [-0.25, -0.2) is 9.97 Å². The van der Waals surface area contributed by atoms with E-state index in [9.17, 15) is 10.2 Å². The number of imidazole rings is 2. The van der Waals surface area contributed by atoms with E-state index < -0.39 is 11.3 Å². The molecule has 1 aromatic carbocycles. The number of rotatable bonds is 6. The number of β-amino-alcohol motifs (C(OH)–C–C–N with tert-alkyl or cyclic N) is 2. The van der Waals surface area contributed by atoms with E-state index in [1.165, 1.54) is 0 Å². The highest BCUT2D eigenvalue weighted by molar-refractivity contribution is 5.86. The summed E-state index contributed by atoms with van der Waals surface area (Å²) in [5.41, 5.74) is 1.84. The summed E-state index contributed by atoms with van der Waals surface area (Å²) in [6.07, 6.45) is 0.754. The second-order valence-corrected chi connectivity index (χ2v) is 11.4. The van der Waals surface area contributed by atoms with Gasteiger partial charge in [0.15, 0.2) is 17.0 Å². The van der Waals surface area contributed by atoms with E-state index in [0.29, 0.717) is 51.9 Å². The summed E-state index contributed by atoms with van der Waals surface area (Å²) in [7, 11) is 2.00. The Labute approximate surface area is 226 Å². The van der Waals surface area contributed by atoms with Gasteiger partial charge in [-0.15, -0.1) is 0 Å². The molecule has 3 aliphatic rings. The molecule has 0 amide bonds. The fourth-order valence-electron chi connectivity index (χ4n) is 6.11. The quantitative estimate of drug-likeness (QED) is 0.366. The second-order valence-electron chi connectivity index (χ2n) is 11.4. The lowest BCUT2D eigenvalue weighted by atomic mass is 9.89. The molecule has 3 saturated heterocycles. The number of morpholine rings is 1. The van der Waals surface area contributed by atoms with Crippen LogP contribution in [0.3, 0.4) is 0 Å². The Balaban J connectivity index is 1.26. The van der Waals surface area contributed by atoms with Crippen LogP contribution in [0.5, 0.6) is 0 Å². The van der Waals surface area contributed by atoms with Gasteiger partial charge >= 0.3 is 0 Å². The first-order valence-electron chi connectivity index (χ1n) is 13.7. The third-order valence-corrected chi connectivity index (χ3v) is 8.21. The van der Waals surface area contributed by atoms with E-state index in [1.807, 2.05) is 34.7 Å². The minimum Gasteiger partial charge on any atom is -0.387 e. The Morgan fingerprint density at radius 3 is 2.41 bits per heavy atom. The summed E-state index contributed by atoms with van der Waals surface area (Å²) in [4.78, 5) is 26.4. The van der Waals surface area contributed by atoms with Crippen molar-refractivity contribution in [3.05, 3.63) is 35.9 Å². The number of likely N-dealkylation sites (tertiary alicyclic amines) is 2. The predicted molar refractivity (Wildman–Crippen MR) is 146 cm³/mol. The Kier molecular flexibility index (Phi) is 5.69. The molecule has 6 heterocycles. The van der Waals surface area contributed by atoms with E-state index >= 15 is 0 Å². The molecule has 206 valence electrons. The number of ether oxygens (including phenoxy) is 1. The van der Waals surface area contributed by atoms with E-state index in [-0.39, 0.29) is 0 Å². The number of fused-ring (bicyclic) bond motifs is 2. The minimum absolute atomic E-state index is 0.494. The van der Waals surface area contributed by atoms with Crippen molar-refractivity contribution >= 4 is 28.0 Å². The third kappa shape index (κ3) is 4.09. The Morgan fingerprint density at radius 1 is 0.949 bits per heavy atom. The van der Waals surface area contributed by atoms with Gasteiger partial charge < -0.3 is 24.4 Å². The molecule has 3 aromatic heterocycles. The molecule has 12 heteroatoms. The summed E-state index contributed by atoms with van der Waals surface area (Å²) >= 11 is 0. The summed E-state index contributed by atoms with van der Waals surface area (Å²) in [5, 5.41) is 21.1. The molecule has 0 bridgehead atoms. The van der Waals surface area contributed by atoms with Crippen molar-refractivity contribution < 1.29 is 14.9 Å². The van der Waals surface area contributed by atoms with Gasteiger partial charge in [0.2, 0.25) is 5.95 Å². The topological polar surface area (TPSA) is 121 Å². The number of anilines is 1. The van der Waals surface area contributed by atoms with Crippen molar-refractivity contribution in [2.45, 2.75) is 38.1 Å². The highest BCUT2D eigenvalue weighted by atomic mass is 16.5. The number of aromatic nitrogens is 6. The van der Waals surface area contributed by atoms with E-state index in [4.69, 9.17) is 24.7 Å². The zero-order valence-electron chi connectivity index (χ0n) is 22.7. The summed E-state index contributed by atoms with van der Waals surface area (Å²) < 4.78 is 9.72. The van der Waals surface area contributed by atoms with Crippen LogP contribution in [0.25, 0.3) is 28.1 Å². The maximum Gasteiger partial charge on any atom is 0.239 e. The van der Waals surface area contributed by atoms with Crippen LogP contribution in [-0.2, 0) is 24.8 Å². The van der Waals surface area contributed by atoms with Crippen LogP contribution in [0, 0.1) is 0 Å². The lowest BCUT2D eigenvalue weighted by Gasteiger charge is -2.59. The molecular formula is C27H35N9O3. The minimum atomic E-state index is -0.891. The molecule has 4 aromatic rings. The zero-order valence-corrected chi connectivity index (χ0v) is 22.7. The summed E-state index contributed by atoms with van der Waals surface area (Å²) in [6.45, 7) is 9.27. The number of hydrogen-bond acceptors (Lipinski definition) is 10. The molecule has 3 aliphatic heterocycles. The fourth-order valence-corrected chi connectivity index (χ4v) is 6.11. The highest BCUT2D eigenvalue weighted by Gasteiger charge is 2.53. The number of aryl methyl sites for hydroxylation is 2. The number of aliphatic hydroxyl groups is 2. The first-order valence-corrected chi connectivity index (χ1v) is 13.7. The molecule has 12 nitrogen and oxygen atoms in total. The normalized spacial score (nSPS) is 21.4. The van der Waals surface area contributed by atoms with Gasteiger partial charge in [-0.1, -0.05) is 19.1 Å². The largest absolute Gasteiger partial charge is 0.387 e. The van der Waals surface area contributed by atoms with Crippen molar-refractivity contribution in [1.29, 1.82) is 0 Å². The number of benzene rings is 1. The number of para-hydroxylation sites is 2. The van der Waals surface area contributed by atoms with E-state index in [0.717, 1.165) is 59.2 Å². The van der Waals surface area contributed by atoms with Gasteiger partial charge in [0.05, 0.1) is 36.4 Å². The molecule has 0 unspecified atom stereocenters. The summed E-state index contributed by atoms with van der Waals surface area (Å²) in [6, 6.07) is 8.08. The lowest BCUT2D eigenvalue weighted by Crippen LogP contribution is -2.77. The Hall–Kier alpha value is -3.16. The van der Waals surface area contributed by atoms with Crippen molar-refractivity contribution in [1.82, 2.24) is 38.9 Å². The average molecular weight is 534 g/mol. The second kappa shape index (κ2) is 8.93.